The molecule has 3 aromatic rings. The summed E-state index contributed by atoms with van der Waals surface area (Å²) in [5.74, 6) is 1.42. The molecule has 0 aromatic heterocycles. The van der Waals surface area contributed by atoms with Crippen molar-refractivity contribution >= 4 is 17.3 Å². The monoisotopic (exact) mass is 1360 g/mol. The standard InChI is InChI=1S/C92H158N2O3.CH4/c1-5-9-13-17-21-25-29-33-37-41-45-49-53-57-61-67-77-93(78-68-62-58-54-50-46-42-38-34-30-26-22-18-14-10-6-2)83-73-75-87-89(81-83)96-90-82-84(74-76-88(90)92(87)86-72-66-65-71-85(86)91(95)97-92)94(79-69-63-59-55-51-47-43-39-35-31-27-23-19-15-11-7-3)80-70-64-60-56-52-48-44-40-36-32-28-24-20-16-12-8-4;/h65-66,71-76,81-82H,5-64,67-70,77-80H2,1-4H3;1H4. The molecule has 0 amide bonds. The van der Waals surface area contributed by atoms with Crippen LogP contribution in [0.15, 0.2) is 60.7 Å². The maximum Gasteiger partial charge on any atom is 0.340 e. The van der Waals surface area contributed by atoms with Gasteiger partial charge in [-0.3, -0.25) is 0 Å². The Morgan fingerprint density at radius 1 is 0.265 bits per heavy atom. The van der Waals surface area contributed by atoms with Crippen LogP contribution in [0.25, 0.3) is 0 Å². The van der Waals surface area contributed by atoms with Crippen molar-refractivity contribution in [2.24, 2.45) is 0 Å². The van der Waals surface area contributed by atoms with E-state index >= 15 is 0 Å². The predicted molar refractivity (Wildman–Crippen MR) is 434 cm³/mol. The highest BCUT2D eigenvalue weighted by atomic mass is 16.6. The molecule has 2 heterocycles. The number of rotatable bonds is 70. The van der Waals surface area contributed by atoms with E-state index in [1.165, 1.54) is 422 Å². The first kappa shape index (κ1) is 86.9. The smallest absolute Gasteiger partial charge is 0.340 e. The van der Waals surface area contributed by atoms with Crippen molar-refractivity contribution in [2.75, 3.05) is 36.0 Å². The molecule has 0 N–H and O–H groups in total. The van der Waals surface area contributed by atoms with Gasteiger partial charge >= 0.3 is 5.97 Å². The molecule has 2 aliphatic heterocycles. The molecule has 3 aromatic carbocycles. The third kappa shape index (κ3) is 37.1. The Balaban J connectivity index is 0.0000204. The van der Waals surface area contributed by atoms with Gasteiger partial charge in [-0.1, -0.05) is 439 Å². The van der Waals surface area contributed by atoms with Crippen molar-refractivity contribution < 1.29 is 14.3 Å². The van der Waals surface area contributed by atoms with E-state index in [4.69, 9.17) is 9.47 Å². The average Bonchev–Trinajstić information content (AvgIpc) is 1.46. The molecule has 98 heavy (non-hydrogen) atoms. The predicted octanol–water partition coefficient (Wildman–Crippen LogP) is 31.5. The zero-order chi connectivity index (χ0) is 68.4. The van der Waals surface area contributed by atoms with Crippen LogP contribution < -0.4 is 14.5 Å². The lowest BCUT2D eigenvalue weighted by Crippen LogP contribution is -2.34. The molecule has 0 saturated carbocycles. The Labute approximate surface area is 610 Å². The lowest BCUT2D eigenvalue weighted by molar-refractivity contribution is 0.0224. The maximum absolute atomic E-state index is 14.1. The first-order valence-electron chi connectivity index (χ1n) is 43.9. The Hall–Kier alpha value is -3.47. The zero-order valence-electron chi connectivity index (χ0n) is 65.0. The van der Waals surface area contributed by atoms with Gasteiger partial charge in [-0.25, -0.2) is 4.79 Å². The van der Waals surface area contributed by atoms with E-state index in [1.54, 1.807) is 0 Å². The van der Waals surface area contributed by atoms with Crippen molar-refractivity contribution in [3.63, 3.8) is 0 Å². The summed E-state index contributed by atoms with van der Waals surface area (Å²) in [5, 5.41) is 0. The SMILES string of the molecule is C.CCCCCCCCCCCCCCCCCCN(CCCCCCCCCCCCCCCCCC)c1ccc2c(c1)Oc1cc(N(CCCCCCCCCCCCCCCCCC)CCCCCCCCCCCCCCCCCC)ccc1C21OC(=O)c2ccccc21. The van der Waals surface area contributed by atoms with Crippen LogP contribution in [0.3, 0.4) is 0 Å². The number of anilines is 2. The fraction of sp³-hybridized carbons (Fsp3) is 0.796. The molecular weight excluding hydrogens is 1190 g/mol. The number of hydrogen-bond donors (Lipinski definition) is 0. The van der Waals surface area contributed by atoms with Gasteiger partial charge < -0.3 is 19.3 Å². The lowest BCUT2D eigenvalue weighted by atomic mass is 9.77. The molecule has 0 atom stereocenters. The van der Waals surface area contributed by atoms with Crippen LogP contribution in [0.2, 0.25) is 0 Å². The number of unbranched alkanes of at least 4 members (excludes halogenated alkanes) is 60. The minimum atomic E-state index is -1.06. The molecule has 1 spiro atoms. The first-order chi connectivity index (χ1) is 48.1. The second-order valence-electron chi connectivity index (χ2n) is 31.3. The van der Waals surface area contributed by atoms with Crippen LogP contribution in [0.4, 0.5) is 11.4 Å². The summed E-state index contributed by atoms with van der Waals surface area (Å²) in [6, 6.07) is 22.0. The van der Waals surface area contributed by atoms with Crippen LogP contribution in [-0.4, -0.2) is 32.1 Å². The van der Waals surface area contributed by atoms with Crippen LogP contribution in [0.1, 0.15) is 473 Å². The molecule has 0 unspecified atom stereocenters. The van der Waals surface area contributed by atoms with Crippen molar-refractivity contribution in [3.05, 3.63) is 82.9 Å². The molecule has 0 radical (unpaired) electrons. The highest BCUT2D eigenvalue weighted by Crippen LogP contribution is 2.57. The van der Waals surface area contributed by atoms with E-state index in [2.05, 4.69) is 86.0 Å². The van der Waals surface area contributed by atoms with Crippen LogP contribution in [0, 0.1) is 0 Å². The summed E-state index contributed by atoms with van der Waals surface area (Å²) in [6.07, 6.45) is 88.8. The van der Waals surface area contributed by atoms with Crippen LogP contribution in [0.5, 0.6) is 11.5 Å². The maximum atomic E-state index is 14.1. The van der Waals surface area contributed by atoms with E-state index in [-0.39, 0.29) is 13.4 Å². The number of hydrogen-bond acceptors (Lipinski definition) is 5. The van der Waals surface area contributed by atoms with Gasteiger partial charge in [-0.2, -0.15) is 0 Å². The summed E-state index contributed by atoms with van der Waals surface area (Å²) < 4.78 is 14.1. The van der Waals surface area contributed by atoms with Crippen molar-refractivity contribution in [2.45, 2.75) is 452 Å². The second kappa shape index (κ2) is 60.0. The van der Waals surface area contributed by atoms with Gasteiger partial charge in [0.1, 0.15) is 11.5 Å². The van der Waals surface area contributed by atoms with E-state index in [0.717, 1.165) is 54.4 Å². The van der Waals surface area contributed by atoms with Crippen molar-refractivity contribution in [1.82, 2.24) is 0 Å². The van der Waals surface area contributed by atoms with Gasteiger partial charge in [0.15, 0.2) is 5.60 Å². The van der Waals surface area contributed by atoms with E-state index < -0.39 is 5.60 Å². The molecule has 0 saturated heterocycles. The van der Waals surface area contributed by atoms with Crippen LogP contribution >= 0.6 is 0 Å². The molecule has 562 valence electrons. The summed E-state index contributed by atoms with van der Waals surface area (Å²) in [6.45, 7) is 13.5. The fourth-order valence-electron chi connectivity index (χ4n) is 16.2. The van der Waals surface area contributed by atoms with Gasteiger partial charge in [0, 0.05) is 66.4 Å². The minimum Gasteiger partial charge on any atom is -0.456 e. The Bertz CT molecular complexity index is 2110. The molecular formula is C93H162N2O3. The van der Waals surface area contributed by atoms with Crippen molar-refractivity contribution in [3.8, 4) is 11.5 Å². The first-order valence-corrected chi connectivity index (χ1v) is 43.9. The number of fused-ring (bicyclic) bond motifs is 6. The van der Waals surface area contributed by atoms with Gasteiger partial charge in [0.05, 0.1) is 5.56 Å². The van der Waals surface area contributed by atoms with Crippen LogP contribution in [-0.2, 0) is 10.3 Å². The third-order valence-corrected chi connectivity index (χ3v) is 22.5. The van der Waals surface area contributed by atoms with Gasteiger partial charge in [0.2, 0.25) is 0 Å². The normalized spacial score (nSPS) is 12.8. The molecule has 5 heteroatoms. The number of esters is 1. The minimum absolute atomic E-state index is 0. The Morgan fingerprint density at radius 3 is 0.714 bits per heavy atom. The average molecular weight is 1360 g/mol. The van der Waals surface area contributed by atoms with Crippen molar-refractivity contribution in [1.29, 1.82) is 0 Å². The highest BCUT2D eigenvalue weighted by Gasteiger charge is 2.53. The third-order valence-electron chi connectivity index (χ3n) is 22.5. The zero-order valence-corrected chi connectivity index (χ0v) is 65.0. The largest absolute Gasteiger partial charge is 0.456 e. The van der Waals surface area contributed by atoms with Gasteiger partial charge in [0.25, 0.3) is 0 Å². The summed E-state index contributed by atoms with van der Waals surface area (Å²) >= 11 is 0. The summed E-state index contributed by atoms with van der Waals surface area (Å²) in [5.41, 5.74) is 4.89. The quantitative estimate of drug-likeness (QED) is 0.0416. The molecule has 0 aliphatic carbocycles. The van der Waals surface area contributed by atoms with Gasteiger partial charge in [-0.05, 0) is 56.0 Å². The Morgan fingerprint density at radius 2 is 0.480 bits per heavy atom. The fourth-order valence-corrected chi connectivity index (χ4v) is 16.2. The number of carbonyl (C=O) groups is 1. The van der Waals surface area contributed by atoms with E-state index in [0.29, 0.717) is 5.56 Å². The number of benzene rings is 3. The summed E-state index contributed by atoms with van der Waals surface area (Å²) in [4.78, 5) is 19.5. The number of carbonyl (C=O) groups excluding carboxylic acids is 1. The molecule has 0 bridgehead atoms. The molecule has 5 rings (SSSR count). The molecule has 2 aliphatic rings. The number of nitrogens with zero attached hydrogens (tertiary/aromatic N) is 2. The van der Waals surface area contributed by atoms with E-state index in [1.807, 2.05) is 12.1 Å². The molecule has 5 nitrogen and oxygen atoms in total. The van der Waals surface area contributed by atoms with Gasteiger partial charge in [-0.15, -0.1) is 0 Å². The second-order valence-corrected chi connectivity index (χ2v) is 31.3. The number of ether oxygens (including phenoxy) is 2. The molecule has 0 fully saturated rings. The topological polar surface area (TPSA) is 42.0 Å². The van der Waals surface area contributed by atoms with E-state index in [9.17, 15) is 4.79 Å². The highest BCUT2D eigenvalue weighted by molar-refractivity contribution is 5.97. The Kier molecular flexibility index (Phi) is 53.2. The lowest BCUT2D eigenvalue weighted by Gasteiger charge is -2.38. The summed E-state index contributed by atoms with van der Waals surface area (Å²) in [7, 11) is 0.